The largest absolute Gasteiger partial charge is 0.466 e. The van der Waals surface area contributed by atoms with E-state index >= 15 is 0 Å². The number of benzene rings is 3. The number of furan rings is 1. The Kier molecular flexibility index (Phi) is 3.93. The first-order valence-corrected chi connectivity index (χ1v) is 9.56. The molecule has 0 amide bonds. The predicted octanol–water partition coefficient (Wildman–Crippen LogP) is 6.60. The third-order valence-corrected chi connectivity index (χ3v) is 5.49. The molecule has 0 saturated carbocycles. The van der Waals surface area contributed by atoms with E-state index in [0.29, 0.717) is 11.3 Å². The van der Waals surface area contributed by atoms with Crippen molar-refractivity contribution in [2.45, 2.75) is 6.92 Å². The van der Waals surface area contributed by atoms with Crippen LogP contribution in [0.1, 0.15) is 5.56 Å². The Hall–Kier alpha value is -3.90. The molecule has 0 aliphatic rings. The van der Waals surface area contributed by atoms with Gasteiger partial charge in [0, 0.05) is 22.9 Å². The summed E-state index contributed by atoms with van der Waals surface area (Å²) < 4.78 is 8.53. The lowest BCUT2D eigenvalue weighted by atomic mass is 9.96. The van der Waals surface area contributed by atoms with Gasteiger partial charge in [-0.15, -0.1) is 0 Å². The molecular weight excluding hydrogens is 356 g/mol. The Bertz CT molecular complexity index is 1420. The van der Waals surface area contributed by atoms with E-state index in [2.05, 4.69) is 46.7 Å². The molecule has 3 nitrogen and oxygen atoms in total. The van der Waals surface area contributed by atoms with Crippen molar-refractivity contribution < 1.29 is 8.98 Å². The minimum Gasteiger partial charge on any atom is -0.466 e. The highest BCUT2D eigenvalue weighted by Gasteiger charge is 2.22. The monoisotopic (exact) mass is 375 g/mol. The van der Waals surface area contributed by atoms with Crippen LogP contribution in [0.25, 0.3) is 49.2 Å². The number of aromatic nitrogens is 1. The zero-order chi connectivity index (χ0) is 20.0. The van der Waals surface area contributed by atoms with Crippen molar-refractivity contribution >= 4 is 27.6 Å². The van der Waals surface area contributed by atoms with Crippen molar-refractivity contribution in [3.8, 4) is 22.4 Å². The number of nitrogens with zero attached hydrogens (tertiary/aromatic N) is 2. The Labute approximate surface area is 169 Å². The van der Waals surface area contributed by atoms with E-state index in [0.717, 1.165) is 44.3 Å². The smallest absolute Gasteiger partial charge is 0.229 e. The predicted molar refractivity (Wildman–Crippen MR) is 117 cm³/mol. The molecule has 0 bridgehead atoms. The number of hydrogen-bond acceptors (Lipinski definition) is 1. The maximum Gasteiger partial charge on any atom is 0.229 e. The van der Waals surface area contributed by atoms with Crippen LogP contribution in [0, 0.1) is 13.5 Å². The third kappa shape index (κ3) is 2.61. The Morgan fingerprint density at radius 2 is 1.66 bits per heavy atom. The van der Waals surface area contributed by atoms with Crippen LogP contribution in [0.2, 0.25) is 0 Å². The second-order valence-corrected chi connectivity index (χ2v) is 7.25. The summed E-state index contributed by atoms with van der Waals surface area (Å²) in [5, 5.41) is 2.04. The molecular formula is C26H19N2O+. The van der Waals surface area contributed by atoms with Crippen molar-refractivity contribution in [2.24, 2.45) is 7.05 Å². The fourth-order valence-electron chi connectivity index (χ4n) is 4.08. The SMILES string of the molecule is [C-]#[N+]c1ccc(-c2ccccc2)c2c1oc1c(-c3cccc[n+]3C)c(C)ccc12. The van der Waals surface area contributed by atoms with Gasteiger partial charge in [0.15, 0.2) is 6.20 Å². The highest BCUT2D eigenvalue weighted by Crippen LogP contribution is 2.44. The lowest BCUT2D eigenvalue weighted by Crippen LogP contribution is -2.30. The average Bonchev–Trinajstić information content (AvgIpc) is 3.14. The van der Waals surface area contributed by atoms with Gasteiger partial charge in [-0.1, -0.05) is 54.6 Å². The van der Waals surface area contributed by atoms with Gasteiger partial charge in [0.25, 0.3) is 0 Å². The minimum atomic E-state index is 0.539. The summed E-state index contributed by atoms with van der Waals surface area (Å²) in [4.78, 5) is 3.72. The average molecular weight is 375 g/mol. The number of aryl methyl sites for hydroxylation is 2. The van der Waals surface area contributed by atoms with Crippen LogP contribution < -0.4 is 4.57 Å². The highest BCUT2D eigenvalue weighted by molar-refractivity contribution is 6.18. The lowest BCUT2D eigenvalue weighted by Gasteiger charge is -2.06. The molecule has 0 fully saturated rings. The topological polar surface area (TPSA) is 21.4 Å². The molecule has 138 valence electrons. The lowest BCUT2D eigenvalue weighted by molar-refractivity contribution is -0.660. The molecule has 0 unspecified atom stereocenters. The van der Waals surface area contributed by atoms with Crippen molar-refractivity contribution in [1.82, 2.24) is 0 Å². The van der Waals surface area contributed by atoms with Crippen molar-refractivity contribution in [2.75, 3.05) is 0 Å². The molecule has 5 aromatic rings. The van der Waals surface area contributed by atoms with E-state index in [9.17, 15) is 0 Å². The van der Waals surface area contributed by atoms with Gasteiger partial charge in [-0.3, -0.25) is 0 Å². The maximum atomic E-state index is 7.63. The molecule has 0 atom stereocenters. The fourth-order valence-corrected chi connectivity index (χ4v) is 4.08. The molecule has 0 spiro atoms. The van der Waals surface area contributed by atoms with Crippen LogP contribution in [0.5, 0.6) is 0 Å². The van der Waals surface area contributed by atoms with Gasteiger partial charge in [0.2, 0.25) is 11.4 Å². The van der Waals surface area contributed by atoms with E-state index in [1.807, 2.05) is 55.7 Å². The zero-order valence-electron chi connectivity index (χ0n) is 16.3. The van der Waals surface area contributed by atoms with Crippen LogP contribution in [-0.2, 0) is 7.05 Å². The van der Waals surface area contributed by atoms with Crippen LogP contribution in [0.4, 0.5) is 5.69 Å². The normalized spacial score (nSPS) is 11.1. The van der Waals surface area contributed by atoms with Gasteiger partial charge >= 0.3 is 0 Å². The standard InChI is InChI=1S/C26H19N2O/c1-17-12-13-20-24-19(18-9-5-4-6-10-18)14-15-21(27-2)26(24)29-25(20)23(17)22-11-7-8-16-28(22)3/h4-16H,1,3H3/q+1. The van der Waals surface area contributed by atoms with Gasteiger partial charge in [-0.2, -0.15) is 0 Å². The van der Waals surface area contributed by atoms with E-state index in [-0.39, 0.29) is 0 Å². The second kappa shape index (κ2) is 6.61. The summed E-state index contributed by atoms with van der Waals surface area (Å²) in [6, 6.07) is 24.6. The molecule has 0 radical (unpaired) electrons. The van der Waals surface area contributed by atoms with Gasteiger partial charge in [-0.05, 0) is 29.7 Å². The summed E-state index contributed by atoms with van der Waals surface area (Å²) in [5.74, 6) is 0. The number of rotatable bonds is 2. The zero-order valence-corrected chi connectivity index (χ0v) is 16.3. The van der Waals surface area contributed by atoms with Crippen molar-refractivity contribution in [3.05, 3.63) is 96.0 Å². The molecule has 3 heteroatoms. The molecule has 2 aromatic heterocycles. The van der Waals surface area contributed by atoms with Crippen LogP contribution >= 0.6 is 0 Å². The third-order valence-electron chi connectivity index (χ3n) is 5.49. The second-order valence-electron chi connectivity index (χ2n) is 7.25. The number of fused-ring (bicyclic) bond motifs is 3. The number of pyridine rings is 1. The van der Waals surface area contributed by atoms with Crippen LogP contribution in [0.3, 0.4) is 0 Å². The molecule has 3 aromatic carbocycles. The summed E-state index contributed by atoms with van der Waals surface area (Å²) in [6.07, 6.45) is 2.04. The Morgan fingerprint density at radius 1 is 0.862 bits per heavy atom. The van der Waals surface area contributed by atoms with E-state index < -0.39 is 0 Å². The van der Waals surface area contributed by atoms with Crippen molar-refractivity contribution in [3.63, 3.8) is 0 Å². The molecule has 0 N–H and O–H groups in total. The summed E-state index contributed by atoms with van der Waals surface area (Å²) in [6.45, 7) is 9.73. The van der Waals surface area contributed by atoms with Gasteiger partial charge in [0.1, 0.15) is 18.2 Å². The molecule has 0 aliphatic carbocycles. The molecule has 5 rings (SSSR count). The highest BCUT2D eigenvalue weighted by atomic mass is 16.3. The first-order valence-electron chi connectivity index (χ1n) is 9.56. The van der Waals surface area contributed by atoms with Crippen LogP contribution in [0.15, 0.2) is 83.4 Å². The first-order chi connectivity index (χ1) is 14.2. The molecule has 0 saturated heterocycles. The van der Waals surface area contributed by atoms with E-state index in [4.69, 9.17) is 11.0 Å². The summed E-state index contributed by atoms with van der Waals surface area (Å²) >= 11 is 0. The molecule has 2 heterocycles. The van der Waals surface area contributed by atoms with Crippen LogP contribution in [-0.4, -0.2) is 0 Å². The van der Waals surface area contributed by atoms with E-state index in [1.165, 1.54) is 0 Å². The van der Waals surface area contributed by atoms with Gasteiger partial charge < -0.3 is 4.42 Å². The first kappa shape index (κ1) is 17.2. The number of hydrogen-bond donors (Lipinski definition) is 0. The van der Waals surface area contributed by atoms with Gasteiger partial charge in [0.05, 0.1) is 12.1 Å². The Morgan fingerprint density at radius 3 is 2.41 bits per heavy atom. The van der Waals surface area contributed by atoms with Crippen molar-refractivity contribution in [1.29, 1.82) is 0 Å². The Balaban J connectivity index is 1.96. The fraction of sp³-hybridized carbons (Fsp3) is 0.0769. The minimum absolute atomic E-state index is 0.539. The quantitative estimate of drug-likeness (QED) is 0.251. The van der Waals surface area contributed by atoms with E-state index in [1.54, 1.807) is 0 Å². The molecule has 0 aliphatic heterocycles. The maximum absolute atomic E-state index is 7.63. The summed E-state index contributed by atoms with van der Waals surface area (Å²) in [7, 11) is 2.04. The van der Waals surface area contributed by atoms with Gasteiger partial charge in [-0.25, -0.2) is 9.41 Å². The summed E-state index contributed by atoms with van der Waals surface area (Å²) in [5.41, 5.74) is 7.51. The molecule has 29 heavy (non-hydrogen) atoms.